The molecular weight excluding hydrogens is 304 g/mol. The van der Waals surface area contributed by atoms with Crippen LogP contribution in [0.2, 0.25) is 0 Å². The van der Waals surface area contributed by atoms with Crippen LogP contribution in [0.1, 0.15) is 24.8 Å². The maximum Gasteiger partial charge on any atom is 0.191 e. The van der Waals surface area contributed by atoms with Gasteiger partial charge >= 0.3 is 0 Å². The highest BCUT2D eigenvalue weighted by Crippen LogP contribution is 2.34. The summed E-state index contributed by atoms with van der Waals surface area (Å²) in [6, 6.07) is 6.27. The molecule has 2 aromatic rings. The van der Waals surface area contributed by atoms with Crippen molar-refractivity contribution < 1.29 is 4.74 Å². The van der Waals surface area contributed by atoms with Crippen LogP contribution in [0.4, 0.5) is 0 Å². The third-order valence-corrected chi connectivity index (χ3v) is 4.66. The number of nitrogens with zero attached hydrogens (tertiary/aromatic N) is 4. The summed E-state index contributed by atoms with van der Waals surface area (Å²) in [7, 11) is 1.80. The zero-order valence-electron chi connectivity index (χ0n) is 13.7. The van der Waals surface area contributed by atoms with Crippen molar-refractivity contribution >= 4 is 5.96 Å². The monoisotopic (exact) mass is 326 g/mol. The minimum atomic E-state index is 0.334. The van der Waals surface area contributed by atoms with Crippen molar-refractivity contribution in [3.05, 3.63) is 42.4 Å². The Labute approximate surface area is 141 Å². The number of nitrogens with one attached hydrogen (secondary N) is 2. The number of hydrogen-bond donors (Lipinski definition) is 2. The van der Waals surface area contributed by atoms with Crippen LogP contribution in [0.25, 0.3) is 5.82 Å². The first kappa shape index (κ1) is 15.1. The van der Waals surface area contributed by atoms with Gasteiger partial charge in [0.15, 0.2) is 11.8 Å². The predicted molar refractivity (Wildman–Crippen MR) is 91.0 cm³/mol. The Bertz CT molecular complexity index is 714. The molecule has 7 nitrogen and oxygen atoms in total. The largest absolute Gasteiger partial charge is 0.373 e. The summed E-state index contributed by atoms with van der Waals surface area (Å²) in [5, 5.41) is 11.1. The molecule has 2 bridgehead atoms. The van der Waals surface area contributed by atoms with Gasteiger partial charge in [0.2, 0.25) is 0 Å². The summed E-state index contributed by atoms with van der Waals surface area (Å²) in [4.78, 5) is 8.68. The summed E-state index contributed by atoms with van der Waals surface area (Å²) in [6.07, 6.45) is 9.62. The molecule has 3 unspecified atom stereocenters. The van der Waals surface area contributed by atoms with Crippen LogP contribution in [0.15, 0.2) is 41.8 Å². The number of aliphatic imine (C=N–C) groups is 1. The van der Waals surface area contributed by atoms with Crippen molar-refractivity contribution in [1.29, 1.82) is 0 Å². The Balaban J connectivity index is 1.36. The molecule has 0 spiro atoms. The van der Waals surface area contributed by atoms with E-state index in [1.54, 1.807) is 24.1 Å². The van der Waals surface area contributed by atoms with Gasteiger partial charge < -0.3 is 15.4 Å². The first-order chi connectivity index (χ1) is 11.8. The second kappa shape index (κ2) is 6.60. The van der Waals surface area contributed by atoms with E-state index in [4.69, 9.17) is 4.74 Å². The molecule has 24 heavy (non-hydrogen) atoms. The molecule has 126 valence electrons. The van der Waals surface area contributed by atoms with E-state index in [-0.39, 0.29) is 0 Å². The molecule has 0 amide bonds. The van der Waals surface area contributed by atoms with Gasteiger partial charge in [0, 0.05) is 32.2 Å². The minimum Gasteiger partial charge on any atom is -0.373 e. The zero-order chi connectivity index (χ0) is 16.4. The fourth-order valence-corrected chi connectivity index (χ4v) is 3.45. The third kappa shape index (κ3) is 3.12. The van der Waals surface area contributed by atoms with Gasteiger partial charge in [0.1, 0.15) is 0 Å². The second-order valence-corrected chi connectivity index (χ2v) is 6.26. The van der Waals surface area contributed by atoms with E-state index in [0.717, 1.165) is 30.2 Å². The average molecular weight is 326 g/mol. The van der Waals surface area contributed by atoms with Gasteiger partial charge in [-0.2, -0.15) is 5.10 Å². The van der Waals surface area contributed by atoms with Crippen LogP contribution in [-0.4, -0.2) is 46.0 Å². The van der Waals surface area contributed by atoms with Crippen LogP contribution in [0.5, 0.6) is 0 Å². The van der Waals surface area contributed by atoms with Crippen LogP contribution in [0.3, 0.4) is 0 Å². The second-order valence-electron chi connectivity index (χ2n) is 6.26. The highest BCUT2D eigenvalue weighted by Gasteiger charge is 2.41. The Morgan fingerprint density at radius 3 is 3.08 bits per heavy atom. The average Bonchev–Trinajstić information content (AvgIpc) is 3.36. The first-order valence-corrected chi connectivity index (χ1v) is 8.39. The van der Waals surface area contributed by atoms with Gasteiger partial charge in [-0.1, -0.05) is 0 Å². The molecule has 2 N–H and O–H groups in total. The number of aromatic nitrogens is 3. The highest BCUT2D eigenvalue weighted by atomic mass is 16.5. The summed E-state index contributed by atoms with van der Waals surface area (Å²) in [5.74, 6) is 1.62. The molecule has 3 atom stereocenters. The normalized spacial score (nSPS) is 25.9. The first-order valence-electron chi connectivity index (χ1n) is 8.39. The van der Waals surface area contributed by atoms with E-state index in [2.05, 4.69) is 25.7 Å². The molecule has 7 heteroatoms. The van der Waals surface area contributed by atoms with E-state index in [9.17, 15) is 0 Å². The molecule has 0 aromatic carbocycles. The SMILES string of the molecule is CN=C(NCc1ccnc(-n2cccn2)c1)NC1CC2CCC1O2. The van der Waals surface area contributed by atoms with Crippen LogP contribution < -0.4 is 10.6 Å². The Morgan fingerprint density at radius 1 is 1.42 bits per heavy atom. The quantitative estimate of drug-likeness (QED) is 0.653. The van der Waals surface area contributed by atoms with E-state index in [1.165, 1.54) is 6.42 Å². The summed E-state index contributed by atoms with van der Waals surface area (Å²) < 4.78 is 7.64. The lowest BCUT2D eigenvalue weighted by Crippen LogP contribution is -2.47. The van der Waals surface area contributed by atoms with Gasteiger partial charge in [-0.15, -0.1) is 0 Å². The number of pyridine rings is 1. The molecule has 0 radical (unpaired) electrons. The van der Waals surface area contributed by atoms with Crippen molar-refractivity contribution in [3.63, 3.8) is 0 Å². The van der Waals surface area contributed by atoms with Crippen LogP contribution in [0, 0.1) is 0 Å². The number of hydrogen-bond acceptors (Lipinski definition) is 4. The Morgan fingerprint density at radius 2 is 2.38 bits per heavy atom. The van der Waals surface area contributed by atoms with E-state index in [1.807, 2.05) is 24.4 Å². The lowest BCUT2D eigenvalue weighted by Gasteiger charge is -2.22. The smallest absolute Gasteiger partial charge is 0.191 e. The fourth-order valence-electron chi connectivity index (χ4n) is 3.45. The molecule has 2 saturated heterocycles. The standard InChI is InChI=1S/C17H22N6O/c1-18-17(22-14-10-13-3-4-15(14)24-13)20-11-12-5-7-19-16(9-12)23-8-2-6-21-23/h2,5-9,13-15H,3-4,10-11H2,1H3,(H2,18,20,22). The van der Waals surface area contributed by atoms with Crippen molar-refractivity contribution in [2.24, 2.45) is 4.99 Å². The molecule has 4 heterocycles. The van der Waals surface area contributed by atoms with E-state index < -0.39 is 0 Å². The molecule has 0 saturated carbocycles. The van der Waals surface area contributed by atoms with Gasteiger partial charge in [-0.05, 0) is 43.0 Å². The molecule has 4 rings (SSSR count). The molecule has 2 aliphatic rings. The molecular formula is C17H22N6O. The van der Waals surface area contributed by atoms with Crippen molar-refractivity contribution in [1.82, 2.24) is 25.4 Å². The summed E-state index contributed by atoms with van der Waals surface area (Å²) >= 11 is 0. The third-order valence-electron chi connectivity index (χ3n) is 4.66. The maximum atomic E-state index is 5.89. The number of ether oxygens (including phenoxy) is 1. The topological polar surface area (TPSA) is 76.4 Å². The molecule has 2 aliphatic heterocycles. The van der Waals surface area contributed by atoms with Gasteiger partial charge in [0.05, 0.1) is 18.2 Å². The van der Waals surface area contributed by atoms with Crippen molar-refractivity contribution in [2.45, 2.75) is 44.1 Å². The molecule has 0 aliphatic carbocycles. The number of fused-ring (bicyclic) bond motifs is 2. The van der Waals surface area contributed by atoms with Gasteiger partial charge in [0.25, 0.3) is 0 Å². The van der Waals surface area contributed by atoms with Crippen LogP contribution in [-0.2, 0) is 11.3 Å². The number of guanidine groups is 1. The summed E-state index contributed by atoms with van der Waals surface area (Å²) in [5.41, 5.74) is 1.13. The van der Waals surface area contributed by atoms with E-state index >= 15 is 0 Å². The molecule has 2 aromatic heterocycles. The van der Waals surface area contributed by atoms with Crippen LogP contribution >= 0.6 is 0 Å². The number of rotatable bonds is 4. The van der Waals surface area contributed by atoms with Gasteiger partial charge in [-0.25, -0.2) is 9.67 Å². The lowest BCUT2D eigenvalue weighted by molar-refractivity contribution is 0.0992. The molecule has 2 fully saturated rings. The maximum absolute atomic E-state index is 5.89. The van der Waals surface area contributed by atoms with Crippen molar-refractivity contribution in [2.75, 3.05) is 7.05 Å². The predicted octanol–water partition coefficient (Wildman–Crippen LogP) is 1.25. The summed E-state index contributed by atoms with van der Waals surface area (Å²) in [6.45, 7) is 0.679. The minimum absolute atomic E-state index is 0.334. The van der Waals surface area contributed by atoms with E-state index in [0.29, 0.717) is 24.8 Å². The zero-order valence-corrected chi connectivity index (χ0v) is 13.7. The highest BCUT2D eigenvalue weighted by molar-refractivity contribution is 5.80. The Hall–Kier alpha value is -2.41. The van der Waals surface area contributed by atoms with Crippen molar-refractivity contribution in [3.8, 4) is 5.82 Å². The fraction of sp³-hybridized carbons (Fsp3) is 0.471. The lowest BCUT2D eigenvalue weighted by atomic mass is 9.96. The Kier molecular flexibility index (Phi) is 4.17. The van der Waals surface area contributed by atoms with Gasteiger partial charge in [-0.3, -0.25) is 4.99 Å².